The van der Waals surface area contributed by atoms with E-state index in [1.54, 1.807) is 6.33 Å². The lowest BCUT2D eigenvalue weighted by molar-refractivity contribution is -0.139. The summed E-state index contributed by atoms with van der Waals surface area (Å²) in [6.45, 7) is 4.21. The summed E-state index contributed by atoms with van der Waals surface area (Å²) in [6.07, 6.45) is 8.47. The Hall–Kier alpha value is -1.45. The van der Waals surface area contributed by atoms with Crippen LogP contribution < -0.4 is 0 Å². The van der Waals surface area contributed by atoms with Crippen LogP contribution in [0.4, 0.5) is 0 Å². The Balaban J connectivity index is 1.92. The Morgan fingerprint density at radius 1 is 1.42 bits per heavy atom. The predicted molar refractivity (Wildman–Crippen MR) is 72.4 cm³/mol. The fraction of sp³-hybridized carbons (Fsp3) is 0.667. The van der Waals surface area contributed by atoms with Crippen molar-refractivity contribution < 1.29 is 4.79 Å². The van der Waals surface area contributed by atoms with E-state index in [1.165, 1.54) is 5.56 Å². The Kier molecular flexibility index (Phi) is 3.25. The van der Waals surface area contributed by atoms with Crippen LogP contribution in [-0.4, -0.2) is 26.8 Å². The van der Waals surface area contributed by atoms with E-state index in [2.05, 4.69) is 28.7 Å². The first kappa shape index (κ1) is 12.6. The summed E-state index contributed by atoms with van der Waals surface area (Å²) < 4.78 is 0. The molecule has 1 aromatic heterocycles. The van der Waals surface area contributed by atoms with Gasteiger partial charge in [0.2, 0.25) is 5.91 Å². The van der Waals surface area contributed by atoms with Gasteiger partial charge in [0.25, 0.3) is 0 Å². The molecule has 2 atom stereocenters. The molecule has 1 fully saturated rings. The fourth-order valence-electron chi connectivity index (χ4n) is 3.61. The molecule has 0 aliphatic carbocycles. The molecular weight excluding hydrogens is 238 g/mol. The normalized spacial score (nSPS) is 24.7. The quantitative estimate of drug-likeness (QED) is 0.838. The highest BCUT2D eigenvalue weighted by Gasteiger charge is 2.44. The van der Waals surface area contributed by atoms with E-state index in [0.29, 0.717) is 11.9 Å². The molecule has 2 bridgehead atoms. The Morgan fingerprint density at radius 3 is 2.95 bits per heavy atom. The van der Waals surface area contributed by atoms with E-state index in [9.17, 15) is 4.79 Å². The molecule has 4 heteroatoms. The standard InChI is InChI=1S/C15H21N3O/c1-3-10(4-2)15(19)18-11-5-6-14(18)12-8-16-9-17-13(12)7-11/h8-11,14H,3-7H2,1-2H3. The lowest BCUT2D eigenvalue weighted by atomic mass is 9.95. The minimum Gasteiger partial charge on any atom is -0.332 e. The molecule has 3 heterocycles. The van der Waals surface area contributed by atoms with E-state index in [4.69, 9.17) is 0 Å². The zero-order chi connectivity index (χ0) is 13.4. The van der Waals surface area contributed by atoms with Crippen LogP contribution in [0.15, 0.2) is 12.5 Å². The molecular formula is C15H21N3O. The summed E-state index contributed by atoms with van der Waals surface area (Å²) in [7, 11) is 0. The number of amides is 1. The molecule has 1 aromatic rings. The zero-order valence-corrected chi connectivity index (χ0v) is 11.7. The van der Waals surface area contributed by atoms with E-state index >= 15 is 0 Å². The van der Waals surface area contributed by atoms with Crippen LogP contribution in [-0.2, 0) is 11.2 Å². The van der Waals surface area contributed by atoms with Gasteiger partial charge in [-0.25, -0.2) is 9.97 Å². The number of carbonyl (C=O) groups excluding carboxylic acids is 1. The highest BCUT2D eigenvalue weighted by molar-refractivity contribution is 5.80. The summed E-state index contributed by atoms with van der Waals surface area (Å²) in [5, 5.41) is 0. The van der Waals surface area contributed by atoms with Crippen molar-refractivity contribution in [2.24, 2.45) is 5.92 Å². The van der Waals surface area contributed by atoms with Crippen molar-refractivity contribution in [1.82, 2.24) is 14.9 Å². The first-order valence-electron chi connectivity index (χ1n) is 7.37. The van der Waals surface area contributed by atoms with Crippen molar-refractivity contribution >= 4 is 5.91 Å². The molecule has 4 nitrogen and oxygen atoms in total. The maximum Gasteiger partial charge on any atom is 0.226 e. The molecule has 2 unspecified atom stereocenters. The third-order valence-corrected chi connectivity index (χ3v) is 4.71. The average molecular weight is 259 g/mol. The monoisotopic (exact) mass is 259 g/mol. The molecule has 0 radical (unpaired) electrons. The van der Waals surface area contributed by atoms with Gasteiger partial charge in [0.15, 0.2) is 0 Å². The smallest absolute Gasteiger partial charge is 0.226 e. The average Bonchev–Trinajstić information content (AvgIpc) is 2.75. The molecule has 0 saturated carbocycles. The van der Waals surface area contributed by atoms with Crippen molar-refractivity contribution in [3.05, 3.63) is 23.8 Å². The van der Waals surface area contributed by atoms with Gasteiger partial charge in [-0.05, 0) is 25.7 Å². The van der Waals surface area contributed by atoms with Gasteiger partial charge in [-0.2, -0.15) is 0 Å². The van der Waals surface area contributed by atoms with Gasteiger partial charge in [0.05, 0.1) is 11.7 Å². The van der Waals surface area contributed by atoms with E-state index in [-0.39, 0.29) is 12.0 Å². The zero-order valence-electron chi connectivity index (χ0n) is 11.7. The lowest BCUT2D eigenvalue weighted by Crippen LogP contribution is -2.45. The second-order valence-electron chi connectivity index (χ2n) is 5.63. The van der Waals surface area contributed by atoms with Crippen molar-refractivity contribution in [2.45, 2.75) is 58.0 Å². The van der Waals surface area contributed by atoms with Crippen LogP contribution in [0.25, 0.3) is 0 Å². The third kappa shape index (κ3) is 1.94. The molecule has 0 aromatic carbocycles. The molecule has 3 rings (SSSR count). The van der Waals surface area contributed by atoms with Gasteiger partial charge >= 0.3 is 0 Å². The molecule has 2 aliphatic heterocycles. The molecule has 102 valence electrons. The summed E-state index contributed by atoms with van der Waals surface area (Å²) in [5.41, 5.74) is 2.33. The molecule has 19 heavy (non-hydrogen) atoms. The largest absolute Gasteiger partial charge is 0.332 e. The van der Waals surface area contributed by atoms with Crippen LogP contribution in [0.5, 0.6) is 0 Å². The molecule has 2 aliphatic rings. The number of hydrogen-bond acceptors (Lipinski definition) is 3. The van der Waals surface area contributed by atoms with Gasteiger partial charge in [-0.15, -0.1) is 0 Å². The number of rotatable bonds is 3. The summed E-state index contributed by atoms with van der Waals surface area (Å²) in [6, 6.07) is 0.587. The highest BCUT2D eigenvalue weighted by Crippen LogP contribution is 2.43. The molecule has 1 saturated heterocycles. The van der Waals surface area contributed by atoms with Crippen LogP contribution in [0.3, 0.4) is 0 Å². The third-order valence-electron chi connectivity index (χ3n) is 4.71. The van der Waals surface area contributed by atoms with Crippen molar-refractivity contribution in [2.75, 3.05) is 0 Å². The maximum atomic E-state index is 12.7. The van der Waals surface area contributed by atoms with Gasteiger partial charge < -0.3 is 4.90 Å². The summed E-state index contributed by atoms with van der Waals surface area (Å²) >= 11 is 0. The first-order chi connectivity index (χ1) is 9.26. The topological polar surface area (TPSA) is 46.1 Å². The number of carbonyl (C=O) groups is 1. The van der Waals surface area contributed by atoms with Gasteiger partial charge in [-0.1, -0.05) is 13.8 Å². The molecule has 1 amide bonds. The van der Waals surface area contributed by atoms with E-state index in [1.807, 2.05) is 6.20 Å². The first-order valence-corrected chi connectivity index (χ1v) is 7.37. The minimum absolute atomic E-state index is 0.175. The van der Waals surface area contributed by atoms with Crippen LogP contribution in [0.1, 0.15) is 56.8 Å². The number of nitrogens with zero attached hydrogens (tertiary/aromatic N) is 3. The van der Waals surface area contributed by atoms with Gasteiger partial charge in [-0.3, -0.25) is 4.79 Å². The van der Waals surface area contributed by atoms with Crippen molar-refractivity contribution in [3.63, 3.8) is 0 Å². The molecule has 0 N–H and O–H groups in total. The van der Waals surface area contributed by atoms with Crippen LogP contribution in [0.2, 0.25) is 0 Å². The Labute approximate surface area is 114 Å². The number of hydrogen-bond donors (Lipinski definition) is 0. The van der Waals surface area contributed by atoms with Crippen molar-refractivity contribution in [3.8, 4) is 0 Å². The second kappa shape index (κ2) is 4.91. The second-order valence-corrected chi connectivity index (χ2v) is 5.63. The van der Waals surface area contributed by atoms with Crippen LogP contribution in [0, 0.1) is 5.92 Å². The summed E-state index contributed by atoms with van der Waals surface area (Å²) in [4.78, 5) is 23.4. The Bertz CT molecular complexity index is 484. The Morgan fingerprint density at radius 2 is 2.21 bits per heavy atom. The van der Waals surface area contributed by atoms with E-state index < -0.39 is 0 Å². The highest BCUT2D eigenvalue weighted by atomic mass is 16.2. The van der Waals surface area contributed by atoms with Crippen molar-refractivity contribution in [1.29, 1.82) is 0 Å². The number of fused-ring (bicyclic) bond motifs is 4. The fourth-order valence-corrected chi connectivity index (χ4v) is 3.61. The van der Waals surface area contributed by atoms with Gasteiger partial charge in [0.1, 0.15) is 6.33 Å². The predicted octanol–water partition coefficient (Wildman–Crippen LogP) is 2.50. The summed E-state index contributed by atoms with van der Waals surface area (Å²) in [5.74, 6) is 0.515. The van der Waals surface area contributed by atoms with E-state index in [0.717, 1.165) is 37.8 Å². The van der Waals surface area contributed by atoms with Crippen LogP contribution >= 0.6 is 0 Å². The minimum atomic E-state index is 0.175. The maximum absolute atomic E-state index is 12.7. The molecule has 0 spiro atoms. The van der Waals surface area contributed by atoms with Gasteiger partial charge in [0, 0.05) is 30.1 Å². The lowest BCUT2D eigenvalue weighted by Gasteiger charge is -2.37. The number of aromatic nitrogens is 2. The SMILES string of the molecule is CCC(CC)C(=O)N1C2CCC1c1cncnc1C2.